The second-order valence-corrected chi connectivity index (χ2v) is 4.72. The molecule has 0 bridgehead atoms. The number of pyridine rings is 1. The van der Waals surface area contributed by atoms with Gasteiger partial charge in [-0.3, -0.25) is 4.40 Å². The number of imidazole rings is 1. The van der Waals surface area contributed by atoms with E-state index >= 15 is 0 Å². The van der Waals surface area contributed by atoms with Crippen molar-refractivity contribution in [3.63, 3.8) is 0 Å². The summed E-state index contributed by atoms with van der Waals surface area (Å²) in [5.74, 6) is 0.276. The highest BCUT2D eigenvalue weighted by atomic mass is 35.5. The minimum atomic E-state index is -0.0194. The number of aliphatic hydroxyl groups is 1. The maximum absolute atomic E-state index is 9.43. The average Bonchev–Trinajstić information content (AvgIpc) is 2.56. The molecule has 0 saturated carbocycles. The largest absolute Gasteiger partial charge is 0.390 e. The van der Waals surface area contributed by atoms with Gasteiger partial charge >= 0.3 is 0 Å². The summed E-state index contributed by atoms with van der Waals surface area (Å²) in [6, 6.07) is 1.88. The smallest absolute Gasteiger partial charge is 0.156 e. The number of aromatic nitrogens is 2. The minimum absolute atomic E-state index is 0.0194. The molecule has 4 heteroatoms. The Labute approximate surface area is 99.7 Å². The van der Waals surface area contributed by atoms with Crippen LogP contribution in [0.1, 0.15) is 36.7 Å². The van der Waals surface area contributed by atoms with Gasteiger partial charge in [0.15, 0.2) is 5.65 Å². The van der Waals surface area contributed by atoms with Crippen LogP contribution in [0.4, 0.5) is 0 Å². The third-order valence-electron chi connectivity index (χ3n) is 2.64. The maximum Gasteiger partial charge on any atom is 0.156 e. The number of hydrogen-bond donors (Lipinski definition) is 1. The van der Waals surface area contributed by atoms with Gasteiger partial charge in [0.1, 0.15) is 0 Å². The van der Waals surface area contributed by atoms with Gasteiger partial charge in [-0.2, -0.15) is 0 Å². The first kappa shape index (κ1) is 11.4. The van der Waals surface area contributed by atoms with Crippen LogP contribution in [0.2, 0.25) is 5.02 Å². The molecule has 0 saturated heterocycles. The van der Waals surface area contributed by atoms with Crippen molar-refractivity contribution in [3.05, 3.63) is 34.2 Å². The molecule has 1 N–H and O–H groups in total. The van der Waals surface area contributed by atoms with Crippen molar-refractivity contribution in [3.8, 4) is 0 Å². The van der Waals surface area contributed by atoms with Gasteiger partial charge in [0.05, 0.1) is 23.0 Å². The monoisotopic (exact) mass is 238 g/mol. The lowest BCUT2D eigenvalue weighted by atomic mass is 10.1. The summed E-state index contributed by atoms with van der Waals surface area (Å²) >= 11 is 6.14. The first-order valence-electron chi connectivity index (χ1n) is 5.32. The van der Waals surface area contributed by atoms with Crippen LogP contribution in [0.5, 0.6) is 0 Å². The topological polar surface area (TPSA) is 37.5 Å². The highest BCUT2D eigenvalue weighted by molar-refractivity contribution is 6.33. The zero-order chi connectivity index (χ0) is 11.9. The van der Waals surface area contributed by atoms with Crippen molar-refractivity contribution in [2.75, 3.05) is 0 Å². The summed E-state index contributed by atoms with van der Waals surface area (Å²) in [6.45, 7) is 6.07. The Balaban J connectivity index is 2.82. The van der Waals surface area contributed by atoms with Gasteiger partial charge in [-0.05, 0) is 24.5 Å². The molecule has 0 spiro atoms. The van der Waals surface area contributed by atoms with Gasteiger partial charge in [0.2, 0.25) is 0 Å². The van der Waals surface area contributed by atoms with E-state index in [-0.39, 0.29) is 12.5 Å². The Morgan fingerprint density at radius 3 is 2.75 bits per heavy atom. The Hall–Kier alpha value is -1.06. The van der Waals surface area contributed by atoms with Crippen molar-refractivity contribution in [2.45, 2.75) is 33.3 Å². The van der Waals surface area contributed by atoms with Crippen LogP contribution in [0.15, 0.2) is 12.3 Å². The van der Waals surface area contributed by atoms with Gasteiger partial charge in [-0.15, -0.1) is 0 Å². The molecule has 0 amide bonds. The molecule has 0 fully saturated rings. The average molecular weight is 239 g/mol. The van der Waals surface area contributed by atoms with E-state index in [0.717, 1.165) is 22.6 Å². The molecule has 86 valence electrons. The fourth-order valence-electron chi connectivity index (χ4n) is 1.92. The zero-order valence-electron chi connectivity index (χ0n) is 9.66. The minimum Gasteiger partial charge on any atom is -0.390 e. The molecule has 0 aliphatic rings. The van der Waals surface area contributed by atoms with Crippen LogP contribution < -0.4 is 0 Å². The Morgan fingerprint density at radius 2 is 2.19 bits per heavy atom. The first-order valence-corrected chi connectivity index (χ1v) is 5.70. The predicted octanol–water partition coefficient (Wildman–Crippen LogP) is 2.91. The van der Waals surface area contributed by atoms with Crippen LogP contribution in [-0.2, 0) is 6.61 Å². The quantitative estimate of drug-likeness (QED) is 0.874. The third-order valence-corrected chi connectivity index (χ3v) is 2.92. The summed E-state index contributed by atoms with van der Waals surface area (Å²) < 4.78 is 1.88. The number of aliphatic hydroxyl groups excluding tert-OH is 1. The summed E-state index contributed by atoms with van der Waals surface area (Å²) in [6.07, 6.45) is 1.95. The number of hydrogen-bond acceptors (Lipinski definition) is 2. The molecule has 0 aliphatic carbocycles. The Morgan fingerprint density at radius 1 is 1.50 bits per heavy atom. The van der Waals surface area contributed by atoms with E-state index in [9.17, 15) is 5.11 Å². The van der Waals surface area contributed by atoms with E-state index < -0.39 is 0 Å². The third kappa shape index (κ3) is 1.70. The predicted molar refractivity (Wildman–Crippen MR) is 65.0 cm³/mol. The van der Waals surface area contributed by atoms with E-state index in [1.165, 1.54) is 0 Å². The van der Waals surface area contributed by atoms with Crippen LogP contribution in [-0.4, -0.2) is 14.5 Å². The highest BCUT2D eigenvalue weighted by Crippen LogP contribution is 2.25. The molecule has 16 heavy (non-hydrogen) atoms. The molecule has 0 radical (unpaired) electrons. The standard InChI is InChI=1S/C12H15ClN2O/c1-7(2)11-10(6-16)15-5-8(3)4-9(13)12(15)14-11/h4-5,7,16H,6H2,1-3H3. The fraction of sp³-hybridized carbons (Fsp3) is 0.417. The maximum atomic E-state index is 9.43. The second-order valence-electron chi connectivity index (χ2n) is 4.32. The molecule has 3 nitrogen and oxygen atoms in total. The molecular weight excluding hydrogens is 224 g/mol. The van der Waals surface area contributed by atoms with Crippen LogP contribution in [0, 0.1) is 6.92 Å². The van der Waals surface area contributed by atoms with E-state index in [0.29, 0.717) is 5.02 Å². The van der Waals surface area contributed by atoms with E-state index in [2.05, 4.69) is 18.8 Å². The summed E-state index contributed by atoms with van der Waals surface area (Å²) in [7, 11) is 0. The van der Waals surface area contributed by atoms with Crippen LogP contribution in [0.3, 0.4) is 0 Å². The normalized spacial score (nSPS) is 11.6. The first-order chi connectivity index (χ1) is 7.54. The lowest BCUT2D eigenvalue weighted by Gasteiger charge is -2.04. The lowest BCUT2D eigenvalue weighted by molar-refractivity contribution is 0.274. The van der Waals surface area contributed by atoms with Gasteiger partial charge in [-0.1, -0.05) is 25.4 Å². The van der Waals surface area contributed by atoms with Crippen LogP contribution >= 0.6 is 11.6 Å². The zero-order valence-corrected chi connectivity index (χ0v) is 10.4. The van der Waals surface area contributed by atoms with Crippen LogP contribution in [0.25, 0.3) is 5.65 Å². The van der Waals surface area contributed by atoms with E-state index in [1.807, 2.05) is 23.6 Å². The molecule has 0 aliphatic heterocycles. The van der Waals surface area contributed by atoms with Crippen molar-refractivity contribution < 1.29 is 5.11 Å². The molecule has 2 rings (SSSR count). The van der Waals surface area contributed by atoms with Crippen molar-refractivity contribution in [1.29, 1.82) is 0 Å². The molecule has 2 heterocycles. The lowest BCUT2D eigenvalue weighted by Crippen LogP contribution is -1.98. The molecule has 2 aromatic rings. The molecule has 0 unspecified atom stereocenters. The number of nitrogens with zero attached hydrogens (tertiary/aromatic N) is 2. The highest BCUT2D eigenvalue weighted by Gasteiger charge is 2.16. The SMILES string of the molecule is Cc1cc(Cl)c2nc(C(C)C)c(CO)n2c1. The fourth-order valence-corrected chi connectivity index (χ4v) is 2.22. The van der Waals surface area contributed by atoms with Gasteiger partial charge in [0, 0.05) is 6.20 Å². The van der Waals surface area contributed by atoms with Crippen molar-refractivity contribution >= 4 is 17.2 Å². The van der Waals surface area contributed by atoms with Gasteiger partial charge < -0.3 is 5.11 Å². The van der Waals surface area contributed by atoms with E-state index in [1.54, 1.807) is 0 Å². The van der Waals surface area contributed by atoms with Crippen molar-refractivity contribution in [1.82, 2.24) is 9.38 Å². The second kappa shape index (κ2) is 4.07. The molecule has 2 aromatic heterocycles. The van der Waals surface area contributed by atoms with Gasteiger partial charge in [0.25, 0.3) is 0 Å². The molecule has 0 atom stereocenters. The summed E-state index contributed by atoms with van der Waals surface area (Å²) in [4.78, 5) is 4.49. The summed E-state index contributed by atoms with van der Waals surface area (Å²) in [5, 5.41) is 10.1. The van der Waals surface area contributed by atoms with Gasteiger partial charge in [-0.25, -0.2) is 4.98 Å². The summed E-state index contributed by atoms with van der Waals surface area (Å²) in [5.41, 5.74) is 3.52. The number of aryl methyl sites for hydroxylation is 1. The molecular formula is C12H15ClN2O. The number of halogens is 1. The molecule has 0 aromatic carbocycles. The Kier molecular flexibility index (Phi) is 2.91. The van der Waals surface area contributed by atoms with E-state index in [4.69, 9.17) is 11.6 Å². The number of fused-ring (bicyclic) bond motifs is 1. The number of rotatable bonds is 2. The van der Waals surface area contributed by atoms with Crippen molar-refractivity contribution in [2.24, 2.45) is 0 Å². The Bertz CT molecular complexity index is 531.